The summed E-state index contributed by atoms with van der Waals surface area (Å²) in [5.41, 5.74) is 0.980. The van der Waals surface area contributed by atoms with Crippen molar-refractivity contribution in [2.24, 2.45) is 0 Å². The first-order valence-corrected chi connectivity index (χ1v) is 6.46. The number of aromatic nitrogens is 1. The van der Waals surface area contributed by atoms with Crippen molar-refractivity contribution < 1.29 is 9.59 Å². The van der Waals surface area contributed by atoms with Gasteiger partial charge in [0.25, 0.3) is 0 Å². The van der Waals surface area contributed by atoms with Crippen LogP contribution in [0.5, 0.6) is 0 Å². The molecule has 0 aliphatic carbocycles. The van der Waals surface area contributed by atoms with Gasteiger partial charge in [-0.1, -0.05) is 6.58 Å². The number of hydrogen-bond acceptors (Lipinski definition) is 4. The number of nitrogens with zero attached hydrogens (tertiary/aromatic N) is 2. The second-order valence-corrected chi connectivity index (χ2v) is 4.92. The fourth-order valence-corrected chi connectivity index (χ4v) is 2.01. The molecular formula is C12H17N3O2S. The summed E-state index contributed by atoms with van der Waals surface area (Å²) in [6.45, 7) is 5.88. The molecule has 5 nitrogen and oxygen atoms in total. The van der Waals surface area contributed by atoms with Gasteiger partial charge in [-0.15, -0.1) is 11.3 Å². The molecule has 0 radical (unpaired) electrons. The largest absolute Gasteiger partial charge is 0.354 e. The summed E-state index contributed by atoms with van der Waals surface area (Å²) in [6.07, 6.45) is 1.89. The van der Waals surface area contributed by atoms with Crippen molar-refractivity contribution in [1.29, 1.82) is 0 Å². The van der Waals surface area contributed by atoms with Crippen LogP contribution in [0, 0.1) is 6.92 Å². The average Bonchev–Trinajstić information content (AvgIpc) is 2.73. The fraction of sp³-hybridized carbons (Fsp3) is 0.417. The van der Waals surface area contributed by atoms with Crippen LogP contribution in [0.1, 0.15) is 10.7 Å². The van der Waals surface area contributed by atoms with E-state index in [9.17, 15) is 9.59 Å². The quantitative estimate of drug-likeness (QED) is 0.774. The third-order valence-electron chi connectivity index (χ3n) is 2.30. The van der Waals surface area contributed by atoms with Gasteiger partial charge in [-0.05, 0) is 13.0 Å². The van der Waals surface area contributed by atoms with Crippen molar-refractivity contribution in [2.75, 3.05) is 20.1 Å². The van der Waals surface area contributed by atoms with Crippen LogP contribution < -0.4 is 5.32 Å². The minimum absolute atomic E-state index is 0.0426. The third kappa shape index (κ3) is 4.67. The SMILES string of the molecule is C=CC(=O)N(C)CC(=O)NCCc1csc(C)n1. The number of thiazole rings is 1. The Morgan fingerprint density at radius 1 is 1.61 bits per heavy atom. The zero-order valence-corrected chi connectivity index (χ0v) is 11.4. The van der Waals surface area contributed by atoms with E-state index in [4.69, 9.17) is 0 Å². The van der Waals surface area contributed by atoms with Crippen LogP contribution >= 0.6 is 11.3 Å². The number of carbonyl (C=O) groups excluding carboxylic acids is 2. The molecule has 0 aromatic carbocycles. The lowest BCUT2D eigenvalue weighted by molar-refractivity contribution is -0.131. The van der Waals surface area contributed by atoms with Gasteiger partial charge in [0, 0.05) is 25.4 Å². The lowest BCUT2D eigenvalue weighted by atomic mass is 10.3. The second kappa shape index (κ2) is 6.90. The highest BCUT2D eigenvalue weighted by Crippen LogP contribution is 2.07. The van der Waals surface area contributed by atoms with Crippen LogP contribution in [-0.4, -0.2) is 41.8 Å². The summed E-state index contributed by atoms with van der Waals surface area (Å²) in [4.78, 5) is 28.3. The van der Waals surface area contributed by atoms with Gasteiger partial charge in [0.2, 0.25) is 11.8 Å². The van der Waals surface area contributed by atoms with Crippen LogP contribution in [0.15, 0.2) is 18.0 Å². The van der Waals surface area contributed by atoms with Crippen LogP contribution in [0.3, 0.4) is 0 Å². The zero-order valence-electron chi connectivity index (χ0n) is 10.6. The molecule has 0 spiro atoms. The van der Waals surface area contributed by atoms with E-state index in [-0.39, 0.29) is 18.4 Å². The monoisotopic (exact) mass is 267 g/mol. The standard InChI is InChI=1S/C12H17N3O2S/c1-4-12(17)15(3)7-11(16)13-6-5-10-8-18-9(2)14-10/h4,8H,1,5-7H2,2-3H3,(H,13,16). The molecule has 0 bridgehead atoms. The van der Waals surface area contributed by atoms with Gasteiger partial charge < -0.3 is 10.2 Å². The number of amides is 2. The molecule has 0 unspecified atom stereocenters. The Labute approximate surface area is 111 Å². The zero-order chi connectivity index (χ0) is 13.5. The van der Waals surface area contributed by atoms with E-state index in [1.807, 2.05) is 12.3 Å². The highest BCUT2D eigenvalue weighted by molar-refractivity contribution is 7.09. The topological polar surface area (TPSA) is 62.3 Å². The van der Waals surface area contributed by atoms with Gasteiger partial charge in [-0.2, -0.15) is 0 Å². The molecule has 18 heavy (non-hydrogen) atoms. The first kappa shape index (κ1) is 14.4. The molecule has 1 heterocycles. The minimum atomic E-state index is -0.264. The number of aryl methyl sites for hydroxylation is 1. The smallest absolute Gasteiger partial charge is 0.246 e. The first-order chi connectivity index (χ1) is 8.52. The predicted octanol–water partition coefficient (Wildman–Crippen LogP) is 0.755. The van der Waals surface area contributed by atoms with E-state index in [0.717, 1.165) is 10.7 Å². The Kier molecular flexibility index (Phi) is 5.51. The molecule has 0 aliphatic heterocycles. The molecule has 1 aromatic rings. The van der Waals surface area contributed by atoms with E-state index in [1.165, 1.54) is 11.0 Å². The molecule has 0 saturated carbocycles. The van der Waals surface area contributed by atoms with Gasteiger partial charge in [0.15, 0.2) is 0 Å². The molecule has 0 aliphatic rings. The molecule has 1 N–H and O–H groups in total. The first-order valence-electron chi connectivity index (χ1n) is 5.58. The lowest BCUT2D eigenvalue weighted by Crippen LogP contribution is -2.38. The molecule has 2 amide bonds. The molecule has 98 valence electrons. The van der Waals surface area contributed by atoms with Gasteiger partial charge in [-0.25, -0.2) is 4.98 Å². The van der Waals surface area contributed by atoms with Gasteiger partial charge in [0.05, 0.1) is 17.2 Å². The number of rotatable bonds is 6. The van der Waals surface area contributed by atoms with Crippen molar-refractivity contribution >= 4 is 23.2 Å². The third-order valence-corrected chi connectivity index (χ3v) is 3.12. The molecule has 6 heteroatoms. The van der Waals surface area contributed by atoms with Crippen molar-refractivity contribution in [2.45, 2.75) is 13.3 Å². The summed E-state index contributed by atoms with van der Waals surface area (Å²) in [7, 11) is 1.56. The van der Waals surface area contributed by atoms with E-state index in [1.54, 1.807) is 18.4 Å². The molecule has 0 fully saturated rings. The van der Waals surface area contributed by atoms with E-state index in [0.29, 0.717) is 13.0 Å². The Bertz CT molecular complexity index is 442. The fourth-order valence-electron chi connectivity index (χ4n) is 1.36. The Morgan fingerprint density at radius 3 is 2.89 bits per heavy atom. The Hall–Kier alpha value is -1.69. The molecular weight excluding hydrogens is 250 g/mol. The maximum atomic E-state index is 11.5. The van der Waals surface area contributed by atoms with Crippen molar-refractivity contribution in [1.82, 2.24) is 15.2 Å². The number of carbonyl (C=O) groups is 2. The van der Waals surface area contributed by atoms with Crippen LogP contribution in [0.2, 0.25) is 0 Å². The summed E-state index contributed by atoms with van der Waals surface area (Å²) < 4.78 is 0. The summed E-state index contributed by atoms with van der Waals surface area (Å²) in [5.74, 6) is -0.445. The maximum absolute atomic E-state index is 11.5. The normalized spacial score (nSPS) is 9.89. The van der Waals surface area contributed by atoms with Crippen LogP contribution in [0.25, 0.3) is 0 Å². The van der Waals surface area contributed by atoms with Gasteiger partial charge in [0.1, 0.15) is 0 Å². The average molecular weight is 267 g/mol. The van der Waals surface area contributed by atoms with Crippen molar-refractivity contribution in [3.05, 3.63) is 28.7 Å². The van der Waals surface area contributed by atoms with Crippen molar-refractivity contribution in [3.8, 4) is 0 Å². The summed E-state index contributed by atoms with van der Waals surface area (Å²) >= 11 is 1.59. The summed E-state index contributed by atoms with van der Waals surface area (Å²) in [6, 6.07) is 0. The predicted molar refractivity (Wildman–Crippen MR) is 71.4 cm³/mol. The van der Waals surface area contributed by atoms with E-state index >= 15 is 0 Å². The number of hydrogen-bond donors (Lipinski definition) is 1. The number of nitrogens with one attached hydrogen (secondary N) is 1. The molecule has 1 rings (SSSR count). The number of likely N-dealkylation sites (N-methyl/N-ethyl adjacent to an activating group) is 1. The Morgan fingerprint density at radius 2 is 2.33 bits per heavy atom. The van der Waals surface area contributed by atoms with Gasteiger partial charge in [-0.3, -0.25) is 9.59 Å². The molecule has 1 aromatic heterocycles. The van der Waals surface area contributed by atoms with Crippen LogP contribution in [0.4, 0.5) is 0 Å². The Balaban J connectivity index is 2.25. The highest BCUT2D eigenvalue weighted by atomic mass is 32.1. The molecule has 0 saturated heterocycles. The maximum Gasteiger partial charge on any atom is 0.246 e. The second-order valence-electron chi connectivity index (χ2n) is 3.86. The van der Waals surface area contributed by atoms with Crippen LogP contribution in [-0.2, 0) is 16.0 Å². The lowest BCUT2D eigenvalue weighted by Gasteiger charge is -2.14. The highest BCUT2D eigenvalue weighted by Gasteiger charge is 2.09. The van der Waals surface area contributed by atoms with Crippen molar-refractivity contribution in [3.63, 3.8) is 0 Å². The van der Waals surface area contributed by atoms with E-state index in [2.05, 4.69) is 16.9 Å². The minimum Gasteiger partial charge on any atom is -0.354 e. The van der Waals surface area contributed by atoms with E-state index < -0.39 is 0 Å². The summed E-state index contributed by atoms with van der Waals surface area (Å²) in [5, 5.41) is 5.75. The molecule has 0 atom stereocenters. The van der Waals surface area contributed by atoms with Gasteiger partial charge >= 0.3 is 0 Å².